The van der Waals surface area contributed by atoms with Gasteiger partial charge in [0, 0.05) is 5.02 Å². The van der Waals surface area contributed by atoms with Gasteiger partial charge in [-0.05, 0) is 18.2 Å². The van der Waals surface area contributed by atoms with Crippen molar-refractivity contribution in [1.82, 2.24) is 9.61 Å². The summed E-state index contributed by atoms with van der Waals surface area (Å²) in [7, 11) is 1.32. The number of nitrogens with zero attached hydrogens (tertiary/aromatic N) is 2. The van der Waals surface area contributed by atoms with Crippen LogP contribution in [0, 0.1) is 0 Å². The van der Waals surface area contributed by atoms with Crippen LogP contribution in [0.1, 0.15) is 10.5 Å². The molecule has 0 atom stereocenters. The number of rotatable bonds is 1. The third kappa shape index (κ3) is 1.33. The number of pyridine rings is 1. The van der Waals surface area contributed by atoms with E-state index in [1.807, 2.05) is 0 Å². The molecule has 0 aliphatic carbocycles. The summed E-state index contributed by atoms with van der Waals surface area (Å²) in [4.78, 5) is 11.3. The number of esters is 1. The quantitative estimate of drug-likeness (QED) is 0.674. The van der Waals surface area contributed by atoms with Crippen molar-refractivity contribution in [2.45, 2.75) is 0 Å². The van der Waals surface area contributed by atoms with Crippen LogP contribution in [0.5, 0.6) is 0 Å². The molecule has 5 heteroatoms. The number of hydrogen-bond donors (Lipinski definition) is 0. The first-order valence-electron chi connectivity index (χ1n) is 3.94. The van der Waals surface area contributed by atoms with Gasteiger partial charge >= 0.3 is 5.97 Å². The highest BCUT2D eigenvalue weighted by Gasteiger charge is 2.11. The van der Waals surface area contributed by atoms with Gasteiger partial charge in [-0.3, -0.25) is 0 Å². The van der Waals surface area contributed by atoms with E-state index in [-0.39, 0.29) is 0 Å². The molecule has 0 aliphatic heterocycles. The number of methoxy groups -OCH3 is 1. The van der Waals surface area contributed by atoms with E-state index in [2.05, 4.69) is 9.84 Å². The number of aromatic nitrogens is 2. The minimum atomic E-state index is -0.457. The summed E-state index contributed by atoms with van der Waals surface area (Å²) in [6, 6.07) is 5.01. The van der Waals surface area contributed by atoms with E-state index in [1.165, 1.54) is 17.7 Å². The predicted octanol–water partition coefficient (Wildman–Crippen LogP) is 1.77. The van der Waals surface area contributed by atoms with Crippen LogP contribution >= 0.6 is 11.6 Å². The van der Waals surface area contributed by atoms with Crippen molar-refractivity contribution in [2.24, 2.45) is 0 Å². The van der Waals surface area contributed by atoms with Gasteiger partial charge in [-0.2, -0.15) is 5.10 Å². The van der Waals surface area contributed by atoms with Crippen molar-refractivity contribution < 1.29 is 9.53 Å². The summed E-state index contributed by atoms with van der Waals surface area (Å²) in [6.45, 7) is 0. The molecule has 4 nitrogen and oxygen atoms in total. The lowest BCUT2D eigenvalue weighted by molar-refractivity contribution is 0.0591. The van der Waals surface area contributed by atoms with Crippen LogP contribution in [0.25, 0.3) is 5.52 Å². The van der Waals surface area contributed by atoms with Crippen molar-refractivity contribution in [3.8, 4) is 0 Å². The molecule has 0 radical (unpaired) electrons. The van der Waals surface area contributed by atoms with Gasteiger partial charge in [0.25, 0.3) is 0 Å². The average molecular weight is 211 g/mol. The second-order valence-electron chi connectivity index (χ2n) is 2.72. The Balaban J connectivity index is 2.72. The maximum absolute atomic E-state index is 11.3. The molecular formula is C9H7ClN2O2. The summed E-state index contributed by atoms with van der Waals surface area (Å²) in [6.07, 6.45) is 1.60. The zero-order valence-corrected chi connectivity index (χ0v) is 8.15. The van der Waals surface area contributed by atoms with Gasteiger partial charge in [0.1, 0.15) is 0 Å². The molecule has 0 aromatic carbocycles. The standard InChI is InChI=1S/C9H7ClN2O2/c1-14-9(13)8-5-6(10)4-7-2-3-11-12(7)8/h2-5H,1H3. The number of carbonyl (C=O) groups excluding carboxylic acids is 1. The molecular weight excluding hydrogens is 204 g/mol. The minimum Gasteiger partial charge on any atom is -0.464 e. The van der Waals surface area contributed by atoms with Crippen molar-refractivity contribution in [1.29, 1.82) is 0 Å². The summed E-state index contributed by atoms with van der Waals surface area (Å²) >= 11 is 5.83. The molecule has 2 aromatic rings. The molecule has 72 valence electrons. The lowest BCUT2D eigenvalue weighted by Gasteiger charge is -2.03. The zero-order valence-electron chi connectivity index (χ0n) is 7.40. The van der Waals surface area contributed by atoms with Crippen molar-refractivity contribution >= 4 is 23.1 Å². The van der Waals surface area contributed by atoms with Crippen LogP contribution in [0.15, 0.2) is 24.4 Å². The van der Waals surface area contributed by atoms with Crippen LogP contribution in [-0.2, 0) is 4.74 Å². The first kappa shape index (κ1) is 9.02. The molecule has 0 fully saturated rings. The molecule has 2 aromatic heterocycles. The van der Waals surface area contributed by atoms with E-state index in [0.717, 1.165) is 5.52 Å². The fourth-order valence-corrected chi connectivity index (χ4v) is 1.46. The fourth-order valence-electron chi connectivity index (χ4n) is 1.25. The first-order chi connectivity index (χ1) is 6.72. The molecule has 2 heterocycles. The van der Waals surface area contributed by atoms with Crippen LogP contribution in [-0.4, -0.2) is 22.7 Å². The number of halogens is 1. The Morgan fingerprint density at radius 2 is 2.36 bits per heavy atom. The number of fused-ring (bicyclic) bond motifs is 1. The largest absolute Gasteiger partial charge is 0.464 e. The Bertz CT molecular complexity index is 493. The highest BCUT2D eigenvalue weighted by molar-refractivity contribution is 6.31. The van der Waals surface area contributed by atoms with Crippen molar-refractivity contribution in [3.63, 3.8) is 0 Å². The maximum Gasteiger partial charge on any atom is 0.356 e. The van der Waals surface area contributed by atoms with E-state index >= 15 is 0 Å². The SMILES string of the molecule is COC(=O)c1cc(Cl)cc2ccnn12. The molecule has 2 rings (SSSR count). The lowest BCUT2D eigenvalue weighted by Crippen LogP contribution is -2.08. The van der Waals surface area contributed by atoms with Gasteiger partial charge in [-0.25, -0.2) is 9.31 Å². The van der Waals surface area contributed by atoms with E-state index < -0.39 is 5.97 Å². The van der Waals surface area contributed by atoms with Crippen LogP contribution in [0.2, 0.25) is 5.02 Å². The Hall–Kier alpha value is -1.55. The predicted molar refractivity (Wildman–Crippen MR) is 51.5 cm³/mol. The second-order valence-corrected chi connectivity index (χ2v) is 3.15. The average Bonchev–Trinajstić information content (AvgIpc) is 2.62. The Kier molecular flexibility index (Phi) is 2.13. The van der Waals surface area contributed by atoms with Crippen LogP contribution in [0.4, 0.5) is 0 Å². The number of carbonyl (C=O) groups is 1. The molecule has 0 amide bonds. The molecule has 0 bridgehead atoms. The van der Waals surface area contributed by atoms with Crippen LogP contribution in [0.3, 0.4) is 0 Å². The van der Waals surface area contributed by atoms with Gasteiger partial charge in [-0.15, -0.1) is 0 Å². The molecule has 0 N–H and O–H groups in total. The minimum absolute atomic E-state index is 0.319. The second kappa shape index (κ2) is 3.31. The summed E-state index contributed by atoms with van der Waals surface area (Å²) in [5, 5.41) is 4.47. The molecule has 0 aliphatic rings. The Morgan fingerprint density at radius 3 is 3.07 bits per heavy atom. The van der Waals surface area contributed by atoms with Gasteiger partial charge in [0.15, 0.2) is 5.69 Å². The summed E-state index contributed by atoms with van der Waals surface area (Å²) in [5.74, 6) is -0.457. The Labute approximate surface area is 85.0 Å². The fraction of sp³-hybridized carbons (Fsp3) is 0.111. The molecule has 0 saturated heterocycles. The highest BCUT2D eigenvalue weighted by Crippen LogP contribution is 2.16. The van der Waals surface area contributed by atoms with Gasteiger partial charge in [0.2, 0.25) is 0 Å². The van der Waals surface area contributed by atoms with Gasteiger partial charge in [0.05, 0.1) is 18.8 Å². The normalized spacial score (nSPS) is 10.4. The third-order valence-corrected chi connectivity index (χ3v) is 2.07. The molecule has 14 heavy (non-hydrogen) atoms. The van der Waals surface area contributed by atoms with Gasteiger partial charge in [-0.1, -0.05) is 11.6 Å². The smallest absolute Gasteiger partial charge is 0.356 e. The maximum atomic E-state index is 11.3. The Morgan fingerprint density at radius 1 is 1.57 bits per heavy atom. The highest BCUT2D eigenvalue weighted by atomic mass is 35.5. The molecule has 0 spiro atoms. The van der Waals surface area contributed by atoms with E-state index in [0.29, 0.717) is 10.7 Å². The monoisotopic (exact) mass is 210 g/mol. The number of ether oxygens (including phenoxy) is 1. The number of hydrogen-bond acceptors (Lipinski definition) is 3. The van der Waals surface area contributed by atoms with E-state index in [4.69, 9.17) is 11.6 Å². The lowest BCUT2D eigenvalue weighted by atomic mass is 10.3. The van der Waals surface area contributed by atoms with Gasteiger partial charge < -0.3 is 4.74 Å². The summed E-state index contributed by atoms with van der Waals surface area (Å²) in [5.41, 5.74) is 1.08. The summed E-state index contributed by atoms with van der Waals surface area (Å²) < 4.78 is 6.09. The van der Waals surface area contributed by atoms with E-state index in [9.17, 15) is 4.79 Å². The zero-order chi connectivity index (χ0) is 10.1. The topological polar surface area (TPSA) is 43.6 Å². The van der Waals surface area contributed by atoms with Crippen molar-refractivity contribution in [3.05, 3.63) is 35.1 Å². The first-order valence-corrected chi connectivity index (χ1v) is 4.32. The third-order valence-electron chi connectivity index (χ3n) is 1.86. The van der Waals surface area contributed by atoms with Crippen molar-refractivity contribution in [2.75, 3.05) is 7.11 Å². The molecule has 0 unspecified atom stereocenters. The molecule has 0 saturated carbocycles. The van der Waals surface area contributed by atoms with E-state index in [1.54, 1.807) is 18.3 Å². The van der Waals surface area contributed by atoms with Crippen LogP contribution < -0.4 is 0 Å².